The van der Waals surface area contributed by atoms with E-state index in [0.29, 0.717) is 6.42 Å². The maximum absolute atomic E-state index is 12.0. The highest BCUT2D eigenvalue weighted by Gasteiger charge is 2.38. The topological polar surface area (TPSA) is 98.2 Å². The van der Waals surface area contributed by atoms with Crippen molar-refractivity contribution in [1.29, 1.82) is 0 Å². The number of carbonyl (C=O) groups excluding carboxylic acids is 2. The fourth-order valence-corrected chi connectivity index (χ4v) is 1.17. The second-order valence-electron chi connectivity index (χ2n) is 4.49. The van der Waals surface area contributed by atoms with Crippen molar-refractivity contribution in [3.05, 3.63) is 0 Å². The van der Waals surface area contributed by atoms with Gasteiger partial charge in [-0.15, -0.1) is 0 Å². The van der Waals surface area contributed by atoms with E-state index < -0.39 is 16.9 Å². The molecule has 0 aromatic heterocycles. The Bertz CT molecular complexity index is 328. The Kier molecular flexibility index (Phi) is 4.43. The Morgan fingerprint density at radius 2 is 1.69 bits per heavy atom. The molecule has 1 unspecified atom stereocenters. The SMILES string of the molecule is CCC(C)(C(=O)NC(C)(C)C(N)=O)C(N)=S. The van der Waals surface area contributed by atoms with Gasteiger partial charge < -0.3 is 16.8 Å². The van der Waals surface area contributed by atoms with Gasteiger partial charge in [0.15, 0.2) is 0 Å². The van der Waals surface area contributed by atoms with Crippen molar-refractivity contribution in [3.63, 3.8) is 0 Å². The van der Waals surface area contributed by atoms with Crippen LogP contribution in [0.25, 0.3) is 0 Å². The largest absolute Gasteiger partial charge is 0.392 e. The standard InChI is InChI=1S/C10H19N3O2S/c1-5-10(4,7(12)16)8(15)13-9(2,3)6(11)14/h5H2,1-4H3,(H2,11,14)(H2,12,16)(H,13,15). The molecule has 0 rings (SSSR count). The van der Waals surface area contributed by atoms with Crippen molar-refractivity contribution in [2.45, 2.75) is 39.7 Å². The van der Waals surface area contributed by atoms with Gasteiger partial charge in [0.25, 0.3) is 0 Å². The summed E-state index contributed by atoms with van der Waals surface area (Å²) in [5.74, 6) is -0.992. The second kappa shape index (κ2) is 4.78. The molecule has 92 valence electrons. The Labute approximate surface area is 101 Å². The number of nitrogens with one attached hydrogen (secondary N) is 1. The third-order valence-electron chi connectivity index (χ3n) is 2.79. The molecule has 0 fully saturated rings. The highest BCUT2D eigenvalue weighted by atomic mass is 32.1. The van der Waals surface area contributed by atoms with Crippen LogP contribution in [0.4, 0.5) is 0 Å². The Morgan fingerprint density at radius 3 is 1.94 bits per heavy atom. The maximum atomic E-state index is 12.0. The molecule has 0 spiro atoms. The highest BCUT2D eigenvalue weighted by molar-refractivity contribution is 7.80. The molecule has 6 heteroatoms. The molecule has 1 atom stereocenters. The van der Waals surface area contributed by atoms with Gasteiger partial charge in [-0.05, 0) is 27.2 Å². The van der Waals surface area contributed by atoms with Gasteiger partial charge in [-0.1, -0.05) is 19.1 Å². The Hall–Kier alpha value is -1.17. The zero-order valence-corrected chi connectivity index (χ0v) is 10.9. The number of amides is 2. The van der Waals surface area contributed by atoms with Gasteiger partial charge in [-0.3, -0.25) is 9.59 Å². The van der Waals surface area contributed by atoms with Crippen molar-refractivity contribution in [3.8, 4) is 0 Å². The van der Waals surface area contributed by atoms with E-state index in [1.54, 1.807) is 13.8 Å². The first-order chi connectivity index (χ1) is 7.08. The first-order valence-corrected chi connectivity index (χ1v) is 5.41. The molecule has 0 heterocycles. The molecule has 0 saturated heterocycles. The quantitative estimate of drug-likeness (QED) is 0.597. The molecule has 0 bridgehead atoms. The molecule has 16 heavy (non-hydrogen) atoms. The molecule has 0 aliphatic carbocycles. The molecule has 0 aliphatic heterocycles. The Morgan fingerprint density at radius 1 is 1.25 bits per heavy atom. The van der Waals surface area contributed by atoms with Crippen LogP contribution in [0.5, 0.6) is 0 Å². The summed E-state index contributed by atoms with van der Waals surface area (Å²) in [4.78, 5) is 23.2. The third kappa shape index (κ3) is 2.91. The van der Waals surface area contributed by atoms with Gasteiger partial charge in [0.1, 0.15) is 5.54 Å². The van der Waals surface area contributed by atoms with Gasteiger partial charge in [-0.25, -0.2) is 0 Å². The van der Waals surface area contributed by atoms with Crippen LogP contribution in [0, 0.1) is 5.41 Å². The molecular formula is C10H19N3O2S. The van der Waals surface area contributed by atoms with Crippen LogP contribution in [0.2, 0.25) is 0 Å². The summed E-state index contributed by atoms with van der Waals surface area (Å²) in [6, 6.07) is 0. The molecular weight excluding hydrogens is 226 g/mol. The van der Waals surface area contributed by atoms with Crippen LogP contribution in [0.15, 0.2) is 0 Å². The van der Waals surface area contributed by atoms with Crippen LogP contribution < -0.4 is 16.8 Å². The molecule has 0 aliphatic rings. The summed E-state index contributed by atoms with van der Waals surface area (Å²) in [5.41, 5.74) is 8.62. The second-order valence-corrected chi connectivity index (χ2v) is 4.93. The maximum Gasteiger partial charge on any atom is 0.242 e. The van der Waals surface area contributed by atoms with Crippen molar-refractivity contribution in [2.75, 3.05) is 0 Å². The van der Waals surface area contributed by atoms with Crippen LogP contribution >= 0.6 is 12.2 Å². The predicted molar refractivity (Wildman–Crippen MR) is 66.6 cm³/mol. The lowest BCUT2D eigenvalue weighted by atomic mass is 9.85. The molecule has 0 aromatic rings. The van der Waals surface area contributed by atoms with E-state index in [4.69, 9.17) is 23.7 Å². The minimum Gasteiger partial charge on any atom is -0.392 e. The van der Waals surface area contributed by atoms with Crippen molar-refractivity contribution in [2.24, 2.45) is 16.9 Å². The predicted octanol–water partition coefficient (Wildman–Crippen LogP) is 0.0689. The van der Waals surface area contributed by atoms with E-state index in [2.05, 4.69) is 5.32 Å². The van der Waals surface area contributed by atoms with Crippen molar-refractivity contribution >= 4 is 29.0 Å². The number of carbonyl (C=O) groups is 2. The van der Waals surface area contributed by atoms with E-state index >= 15 is 0 Å². The lowest BCUT2D eigenvalue weighted by Gasteiger charge is -2.31. The van der Waals surface area contributed by atoms with Gasteiger partial charge >= 0.3 is 0 Å². The number of rotatable bonds is 5. The minimum atomic E-state index is -1.11. The molecule has 0 radical (unpaired) electrons. The van der Waals surface area contributed by atoms with Crippen LogP contribution in [-0.2, 0) is 9.59 Å². The van der Waals surface area contributed by atoms with Gasteiger partial charge in [0.05, 0.1) is 10.4 Å². The van der Waals surface area contributed by atoms with Crippen LogP contribution in [-0.4, -0.2) is 22.3 Å². The van der Waals surface area contributed by atoms with Crippen LogP contribution in [0.1, 0.15) is 34.1 Å². The fourth-order valence-electron chi connectivity index (χ4n) is 0.930. The third-order valence-corrected chi connectivity index (χ3v) is 3.24. The van der Waals surface area contributed by atoms with E-state index in [1.807, 2.05) is 0 Å². The summed E-state index contributed by atoms with van der Waals surface area (Å²) >= 11 is 4.86. The zero-order chi connectivity index (χ0) is 13.1. The first kappa shape index (κ1) is 14.8. The van der Waals surface area contributed by atoms with E-state index in [9.17, 15) is 9.59 Å². The molecule has 0 aromatic carbocycles. The summed E-state index contributed by atoms with van der Waals surface area (Å²) in [5, 5.41) is 2.55. The van der Waals surface area contributed by atoms with E-state index in [0.717, 1.165) is 0 Å². The zero-order valence-electron chi connectivity index (χ0n) is 10.1. The summed E-state index contributed by atoms with van der Waals surface area (Å²) < 4.78 is 0. The normalized spacial score (nSPS) is 15.0. The number of thiocarbonyl (C=S) groups is 1. The number of nitrogens with two attached hydrogens (primary N) is 2. The molecule has 5 N–H and O–H groups in total. The number of hydrogen-bond acceptors (Lipinski definition) is 3. The number of primary amides is 1. The molecule has 5 nitrogen and oxygen atoms in total. The fraction of sp³-hybridized carbons (Fsp3) is 0.700. The van der Waals surface area contributed by atoms with E-state index in [1.165, 1.54) is 13.8 Å². The first-order valence-electron chi connectivity index (χ1n) is 5.00. The van der Waals surface area contributed by atoms with Gasteiger partial charge in [0.2, 0.25) is 11.8 Å². The smallest absolute Gasteiger partial charge is 0.242 e. The lowest BCUT2D eigenvalue weighted by molar-refractivity contribution is -0.134. The minimum absolute atomic E-state index is 0.104. The van der Waals surface area contributed by atoms with Crippen LogP contribution in [0.3, 0.4) is 0 Å². The summed E-state index contributed by atoms with van der Waals surface area (Å²) in [7, 11) is 0. The average molecular weight is 245 g/mol. The van der Waals surface area contributed by atoms with Crippen molar-refractivity contribution in [1.82, 2.24) is 5.32 Å². The van der Waals surface area contributed by atoms with Gasteiger partial charge in [0, 0.05) is 0 Å². The average Bonchev–Trinajstić information content (AvgIpc) is 2.14. The summed E-state index contributed by atoms with van der Waals surface area (Å²) in [6.07, 6.45) is 0.461. The monoisotopic (exact) mass is 245 g/mol. The molecule has 2 amide bonds. The highest BCUT2D eigenvalue weighted by Crippen LogP contribution is 2.22. The van der Waals surface area contributed by atoms with Crippen molar-refractivity contribution < 1.29 is 9.59 Å². The lowest BCUT2D eigenvalue weighted by Crippen LogP contribution is -2.58. The molecule has 0 saturated carbocycles. The number of hydrogen-bond donors (Lipinski definition) is 3. The summed E-state index contributed by atoms with van der Waals surface area (Å²) in [6.45, 7) is 6.50. The van der Waals surface area contributed by atoms with Gasteiger partial charge in [-0.2, -0.15) is 0 Å². The Balaban J connectivity index is 4.95. The van der Waals surface area contributed by atoms with E-state index in [-0.39, 0.29) is 10.9 Å².